The largest absolute Gasteiger partial charge is 0.489 e. The molecule has 0 heterocycles. The van der Waals surface area contributed by atoms with Crippen LogP contribution >= 0.6 is 0 Å². The van der Waals surface area contributed by atoms with E-state index in [-0.39, 0.29) is 24.6 Å². The summed E-state index contributed by atoms with van der Waals surface area (Å²) in [6.07, 6.45) is 0.602. The zero-order valence-corrected chi connectivity index (χ0v) is 11.4. The first-order valence-electron chi connectivity index (χ1n) is 6.45. The number of hydrogen-bond acceptors (Lipinski definition) is 5. The van der Waals surface area contributed by atoms with Gasteiger partial charge in [0.1, 0.15) is 18.0 Å². The number of nitro benzene ring substituents is 1. The Hall–Kier alpha value is -2.60. The van der Waals surface area contributed by atoms with E-state index in [1.807, 2.05) is 12.1 Å². The van der Waals surface area contributed by atoms with Gasteiger partial charge in [0.2, 0.25) is 0 Å². The normalized spacial score (nSPS) is 10.3. The van der Waals surface area contributed by atoms with Gasteiger partial charge >= 0.3 is 0 Å². The first-order chi connectivity index (χ1) is 10.1. The number of ether oxygens (including phenoxy) is 1. The highest BCUT2D eigenvalue weighted by atomic mass is 16.6. The standard InChI is InChI=1S/C15H16N2O4/c16-14-6-3-12(9-15(14)17(19)20)10-21-13-4-1-11(2-5-13)7-8-18/h1-6,9,18H,7-8,10,16H2. The van der Waals surface area contributed by atoms with Crippen molar-refractivity contribution in [1.82, 2.24) is 0 Å². The summed E-state index contributed by atoms with van der Waals surface area (Å²) in [7, 11) is 0. The van der Waals surface area contributed by atoms with Gasteiger partial charge < -0.3 is 15.6 Å². The average Bonchev–Trinajstić information content (AvgIpc) is 2.48. The summed E-state index contributed by atoms with van der Waals surface area (Å²) in [4.78, 5) is 10.3. The van der Waals surface area contributed by atoms with Crippen LogP contribution in [-0.4, -0.2) is 16.6 Å². The SMILES string of the molecule is Nc1ccc(COc2ccc(CCO)cc2)cc1[N+](=O)[O-]. The fraction of sp³-hybridized carbons (Fsp3) is 0.200. The van der Waals surface area contributed by atoms with E-state index in [0.717, 1.165) is 5.56 Å². The number of aliphatic hydroxyl groups is 1. The van der Waals surface area contributed by atoms with Crippen LogP contribution in [-0.2, 0) is 13.0 Å². The van der Waals surface area contributed by atoms with Crippen LogP contribution in [0.1, 0.15) is 11.1 Å². The van der Waals surface area contributed by atoms with Crippen LogP contribution in [0.4, 0.5) is 11.4 Å². The number of anilines is 1. The van der Waals surface area contributed by atoms with Crippen molar-refractivity contribution in [3.05, 3.63) is 63.7 Å². The molecule has 3 N–H and O–H groups in total. The molecule has 21 heavy (non-hydrogen) atoms. The van der Waals surface area contributed by atoms with Crippen molar-refractivity contribution in [2.45, 2.75) is 13.0 Å². The molecule has 0 saturated carbocycles. The molecule has 0 aliphatic carbocycles. The molecule has 0 aliphatic heterocycles. The maximum absolute atomic E-state index is 10.8. The number of nitrogen functional groups attached to an aromatic ring is 1. The van der Waals surface area contributed by atoms with Gasteiger partial charge in [0.15, 0.2) is 0 Å². The van der Waals surface area contributed by atoms with Crippen LogP contribution in [0.5, 0.6) is 5.75 Å². The van der Waals surface area contributed by atoms with Gasteiger partial charge in [-0.1, -0.05) is 18.2 Å². The number of hydrogen-bond donors (Lipinski definition) is 2. The smallest absolute Gasteiger partial charge is 0.292 e. The van der Waals surface area contributed by atoms with Gasteiger partial charge in [0, 0.05) is 12.7 Å². The second-order valence-corrected chi connectivity index (χ2v) is 4.56. The summed E-state index contributed by atoms with van der Waals surface area (Å²) < 4.78 is 5.57. The minimum atomic E-state index is -0.511. The van der Waals surface area contributed by atoms with Gasteiger partial charge in [-0.15, -0.1) is 0 Å². The lowest BCUT2D eigenvalue weighted by Crippen LogP contribution is -2.00. The number of benzene rings is 2. The second-order valence-electron chi connectivity index (χ2n) is 4.56. The average molecular weight is 288 g/mol. The third-order valence-corrected chi connectivity index (χ3v) is 3.02. The molecule has 6 heteroatoms. The highest BCUT2D eigenvalue weighted by Crippen LogP contribution is 2.23. The molecule has 6 nitrogen and oxygen atoms in total. The van der Waals surface area contributed by atoms with Gasteiger partial charge in [0.05, 0.1) is 4.92 Å². The molecule has 0 atom stereocenters. The van der Waals surface area contributed by atoms with Crippen LogP contribution < -0.4 is 10.5 Å². The van der Waals surface area contributed by atoms with Gasteiger partial charge in [-0.25, -0.2) is 0 Å². The molecule has 0 amide bonds. The summed E-state index contributed by atoms with van der Waals surface area (Å²) in [6, 6.07) is 12.0. The summed E-state index contributed by atoms with van der Waals surface area (Å²) >= 11 is 0. The van der Waals surface area contributed by atoms with Gasteiger partial charge in [-0.05, 0) is 35.7 Å². The Kier molecular flexibility index (Phi) is 4.73. The molecule has 0 spiro atoms. The van der Waals surface area contributed by atoms with E-state index in [0.29, 0.717) is 17.7 Å². The topological polar surface area (TPSA) is 98.6 Å². The minimum absolute atomic E-state index is 0.106. The Balaban J connectivity index is 2.02. The predicted molar refractivity (Wildman–Crippen MR) is 79.1 cm³/mol. The van der Waals surface area contributed by atoms with E-state index in [1.165, 1.54) is 12.1 Å². The predicted octanol–water partition coefficient (Wildman–Crippen LogP) is 2.29. The number of nitrogens with zero attached hydrogens (tertiary/aromatic N) is 1. The molecule has 2 rings (SSSR count). The number of nitro groups is 1. The highest BCUT2D eigenvalue weighted by molar-refractivity contribution is 5.59. The highest BCUT2D eigenvalue weighted by Gasteiger charge is 2.11. The molecule has 0 fully saturated rings. The zero-order valence-electron chi connectivity index (χ0n) is 11.4. The zero-order chi connectivity index (χ0) is 15.2. The minimum Gasteiger partial charge on any atom is -0.489 e. The van der Waals surface area contributed by atoms with Crippen molar-refractivity contribution in [1.29, 1.82) is 0 Å². The Morgan fingerprint density at radius 2 is 1.81 bits per heavy atom. The molecular weight excluding hydrogens is 272 g/mol. The Morgan fingerprint density at radius 1 is 1.14 bits per heavy atom. The lowest BCUT2D eigenvalue weighted by Gasteiger charge is -2.07. The summed E-state index contributed by atoms with van der Waals surface area (Å²) in [6.45, 7) is 0.329. The van der Waals surface area contributed by atoms with Crippen molar-refractivity contribution < 1.29 is 14.8 Å². The van der Waals surface area contributed by atoms with E-state index in [1.54, 1.807) is 18.2 Å². The fourth-order valence-electron chi connectivity index (χ4n) is 1.89. The van der Waals surface area contributed by atoms with E-state index in [9.17, 15) is 10.1 Å². The van der Waals surface area contributed by atoms with Crippen LogP contribution in [0, 0.1) is 10.1 Å². The Labute approximate surface area is 121 Å². The van der Waals surface area contributed by atoms with E-state index >= 15 is 0 Å². The van der Waals surface area contributed by atoms with Gasteiger partial charge in [-0.2, -0.15) is 0 Å². The second kappa shape index (κ2) is 6.71. The van der Waals surface area contributed by atoms with Gasteiger partial charge in [0.25, 0.3) is 5.69 Å². The molecule has 0 aliphatic rings. The molecule has 110 valence electrons. The van der Waals surface area contributed by atoms with E-state index in [2.05, 4.69) is 0 Å². The van der Waals surface area contributed by atoms with Crippen LogP contribution in [0.25, 0.3) is 0 Å². The van der Waals surface area contributed by atoms with E-state index < -0.39 is 4.92 Å². The quantitative estimate of drug-likeness (QED) is 0.482. The molecule has 0 unspecified atom stereocenters. The Bertz CT molecular complexity index is 626. The molecule has 0 bridgehead atoms. The molecule has 0 aromatic heterocycles. The van der Waals surface area contributed by atoms with E-state index in [4.69, 9.17) is 15.6 Å². The number of rotatable bonds is 6. The van der Waals surface area contributed by atoms with Gasteiger partial charge in [-0.3, -0.25) is 10.1 Å². The first-order valence-corrected chi connectivity index (χ1v) is 6.45. The summed E-state index contributed by atoms with van der Waals surface area (Å²) in [5, 5.41) is 19.6. The lowest BCUT2D eigenvalue weighted by atomic mass is 10.1. The van der Waals surface area contributed by atoms with Crippen LogP contribution in [0.3, 0.4) is 0 Å². The summed E-state index contributed by atoms with van der Waals surface area (Å²) in [5.41, 5.74) is 7.26. The van der Waals surface area contributed by atoms with Crippen molar-refractivity contribution in [3.63, 3.8) is 0 Å². The van der Waals surface area contributed by atoms with Crippen molar-refractivity contribution in [3.8, 4) is 5.75 Å². The molecule has 2 aromatic carbocycles. The molecule has 0 saturated heterocycles. The molecular formula is C15H16N2O4. The monoisotopic (exact) mass is 288 g/mol. The third-order valence-electron chi connectivity index (χ3n) is 3.02. The Morgan fingerprint density at radius 3 is 2.43 bits per heavy atom. The maximum atomic E-state index is 10.8. The third kappa shape index (κ3) is 3.93. The van der Waals surface area contributed by atoms with Crippen molar-refractivity contribution in [2.75, 3.05) is 12.3 Å². The number of aliphatic hydroxyl groups excluding tert-OH is 1. The van der Waals surface area contributed by atoms with Crippen LogP contribution in [0.2, 0.25) is 0 Å². The maximum Gasteiger partial charge on any atom is 0.292 e. The van der Waals surface area contributed by atoms with Crippen molar-refractivity contribution in [2.24, 2.45) is 0 Å². The van der Waals surface area contributed by atoms with Crippen LogP contribution in [0.15, 0.2) is 42.5 Å². The fourth-order valence-corrected chi connectivity index (χ4v) is 1.89. The van der Waals surface area contributed by atoms with Crippen molar-refractivity contribution >= 4 is 11.4 Å². The molecule has 2 aromatic rings. The number of nitrogens with two attached hydrogens (primary N) is 1. The molecule has 0 radical (unpaired) electrons. The lowest BCUT2D eigenvalue weighted by molar-refractivity contribution is -0.384. The first kappa shape index (κ1) is 14.8. The summed E-state index contributed by atoms with van der Waals surface area (Å²) in [5.74, 6) is 0.663.